The molecule has 1 aliphatic carbocycles. The third-order valence-electron chi connectivity index (χ3n) is 4.28. The smallest absolute Gasteiger partial charge is 0.142 e. The second kappa shape index (κ2) is 6.88. The minimum atomic E-state index is -0.343. The van der Waals surface area contributed by atoms with Crippen LogP contribution >= 0.6 is 11.6 Å². The Balaban J connectivity index is 2.02. The van der Waals surface area contributed by atoms with Gasteiger partial charge in [0.2, 0.25) is 0 Å². The van der Waals surface area contributed by atoms with Gasteiger partial charge in [-0.1, -0.05) is 24.6 Å². The molecule has 2 rings (SSSR count). The van der Waals surface area contributed by atoms with Gasteiger partial charge < -0.3 is 10.1 Å². The fraction of sp³-hybridized carbons (Fsp3) is 0.625. The van der Waals surface area contributed by atoms with Gasteiger partial charge in [0.1, 0.15) is 5.82 Å². The van der Waals surface area contributed by atoms with E-state index in [0.29, 0.717) is 6.04 Å². The quantitative estimate of drug-likeness (QED) is 0.823. The van der Waals surface area contributed by atoms with Crippen LogP contribution in [0.1, 0.15) is 38.2 Å². The highest BCUT2D eigenvalue weighted by atomic mass is 35.5. The summed E-state index contributed by atoms with van der Waals surface area (Å²) in [6, 6.07) is 5.37. The normalized spacial score (nSPS) is 18.6. The van der Waals surface area contributed by atoms with Gasteiger partial charge in [0.25, 0.3) is 0 Å². The van der Waals surface area contributed by atoms with E-state index in [9.17, 15) is 4.39 Å². The molecule has 1 aromatic rings. The molecule has 1 fully saturated rings. The molecule has 0 radical (unpaired) electrons. The molecule has 0 heterocycles. The third kappa shape index (κ3) is 3.72. The number of hydrogen-bond donors (Lipinski definition) is 1. The van der Waals surface area contributed by atoms with Gasteiger partial charge in [-0.25, -0.2) is 4.39 Å². The molecule has 0 bridgehead atoms. The van der Waals surface area contributed by atoms with Gasteiger partial charge in [0, 0.05) is 13.2 Å². The summed E-state index contributed by atoms with van der Waals surface area (Å²) in [7, 11) is 1.80. The lowest BCUT2D eigenvalue weighted by molar-refractivity contribution is -0.0833. The van der Waals surface area contributed by atoms with E-state index in [2.05, 4.69) is 12.2 Å². The van der Waals surface area contributed by atoms with Gasteiger partial charge in [-0.15, -0.1) is 0 Å². The number of methoxy groups -OCH3 is 1. The molecule has 1 atom stereocenters. The van der Waals surface area contributed by atoms with Crippen LogP contribution in [-0.2, 0) is 11.2 Å². The van der Waals surface area contributed by atoms with Crippen LogP contribution < -0.4 is 5.32 Å². The lowest BCUT2D eigenvalue weighted by atomic mass is 9.75. The summed E-state index contributed by atoms with van der Waals surface area (Å²) in [6.07, 6.45) is 5.26. The molecule has 0 spiro atoms. The summed E-state index contributed by atoms with van der Waals surface area (Å²) in [5, 5.41) is 3.67. The van der Waals surface area contributed by atoms with Gasteiger partial charge in [0.05, 0.1) is 10.6 Å². The van der Waals surface area contributed by atoms with Crippen LogP contribution in [0.15, 0.2) is 18.2 Å². The van der Waals surface area contributed by atoms with Crippen molar-refractivity contribution in [2.45, 2.75) is 50.7 Å². The fourth-order valence-electron chi connectivity index (χ4n) is 2.97. The Morgan fingerprint density at radius 1 is 1.45 bits per heavy atom. The minimum Gasteiger partial charge on any atom is -0.378 e. The van der Waals surface area contributed by atoms with E-state index in [-0.39, 0.29) is 16.4 Å². The topological polar surface area (TPSA) is 21.3 Å². The van der Waals surface area contributed by atoms with E-state index in [1.165, 1.54) is 12.5 Å². The Morgan fingerprint density at radius 3 is 2.70 bits per heavy atom. The zero-order valence-corrected chi connectivity index (χ0v) is 13.0. The van der Waals surface area contributed by atoms with E-state index < -0.39 is 0 Å². The number of halogens is 2. The largest absolute Gasteiger partial charge is 0.378 e. The average Bonchev–Trinajstić information content (AvgIpc) is 2.38. The Hall–Kier alpha value is -0.640. The maximum atomic E-state index is 13.5. The van der Waals surface area contributed by atoms with Crippen molar-refractivity contribution in [3.8, 4) is 0 Å². The molecule has 0 aliphatic heterocycles. The van der Waals surface area contributed by atoms with Gasteiger partial charge >= 0.3 is 0 Å². The SMILES string of the molecule is CCNC(Cc1ccc(Cl)c(F)c1)CC1(OC)CCC1. The fourth-order valence-corrected chi connectivity index (χ4v) is 3.09. The summed E-state index contributed by atoms with van der Waals surface area (Å²) in [4.78, 5) is 0. The molecule has 0 saturated heterocycles. The predicted octanol–water partition coefficient (Wildman–Crippen LogP) is 3.96. The number of nitrogens with one attached hydrogen (secondary N) is 1. The summed E-state index contributed by atoms with van der Waals surface area (Å²) < 4.78 is 19.2. The number of hydrogen-bond acceptors (Lipinski definition) is 2. The first-order valence-electron chi connectivity index (χ1n) is 7.31. The number of likely N-dealkylation sites (N-methyl/N-ethyl adjacent to an activating group) is 1. The van der Waals surface area contributed by atoms with Crippen LogP contribution in [0, 0.1) is 5.82 Å². The van der Waals surface area contributed by atoms with Crippen LogP contribution in [0.3, 0.4) is 0 Å². The summed E-state index contributed by atoms with van der Waals surface area (Å²) in [5.41, 5.74) is 1.00. The molecule has 0 aromatic heterocycles. The lowest BCUT2D eigenvalue weighted by Crippen LogP contribution is -2.46. The van der Waals surface area contributed by atoms with Crippen molar-refractivity contribution < 1.29 is 9.13 Å². The average molecular weight is 300 g/mol. The second-order valence-electron chi connectivity index (χ2n) is 5.65. The van der Waals surface area contributed by atoms with Crippen molar-refractivity contribution in [3.63, 3.8) is 0 Å². The monoisotopic (exact) mass is 299 g/mol. The van der Waals surface area contributed by atoms with E-state index in [1.807, 2.05) is 6.07 Å². The molecule has 20 heavy (non-hydrogen) atoms. The maximum Gasteiger partial charge on any atom is 0.142 e. The molecule has 1 N–H and O–H groups in total. The zero-order chi connectivity index (χ0) is 14.6. The molecule has 1 aliphatic rings. The first-order chi connectivity index (χ1) is 9.58. The summed E-state index contributed by atoms with van der Waals surface area (Å²) in [5.74, 6) is -0.343. The van der Waals surface area contributed by atoms with Crippen LogP contribution in [0.5, 0.6) is 0 Å². The van der Waals surface area contributed by atoms with Gasteiger partial charge in [-0.2, -0.15) is 0 Å². The van der Waals surface area contributed by atoms with E-state index in [4.69, 9.17) is 16.3 Å². The number of ether oxygens (including phenoxy) is 1. The Morgan fingerprint density at radius 2 is 2.20 bits per heavy atom. The van der Waals surface area contributed by atoms with Crippen molar-refractivity contribution in [2.75, 3.05) is 13.7 Å². The third-order valence-corrected chi connectivity index (χ3v) is 4.58. The van der Waals surface area contributed by atoms with Crippen LogP contribution in [-0.4, -0.2) is 25.3 Å². The molecular formula is C16H23ClFNO. The molecule has 0 amide bonds. The molecule has 1 saturated carbocycles. The molecular weight excluding hydrogens is 277 g/mol. The van der Waals surface area contributed by atoms with Crippen molar-refractivity contribution in [1.29, 1.82) is 0 Å². The number of benzene rings is 1. The highest BCUT2D eigenvalue weighted by molar-refractivity contribution is 6.30. The van der Waals surface area contributed by atoms with Gasteiger partial charge in [0.15, 0.2) is 0 Å². The molecule has 4 heteroatoms. The molecule has 1 aromatic carbocycles. The predicted molar refractivity (Wildman–Crippen MR) is 80.8 cm³/mol. The van der Waals surface area contributed by atoms with E-state index >= 15 is 0 Å². The van der Waals surface area contributed by atoms with E-state index in [1.54, 1.807) is 13.2 Å². The van der Waals surface area contributed by atoms with E-state index in [0.717, 1.165) is 37.8 Å². The Labute approximate surface area is 125 Å². The maximum absolute atomic E-state index is 13.5. The standard InChI is InChI=1S/C16H23ClFNO/c1-3-19-13(11-16(20-2)7-4-8-16)9-12-5-6-14(17)15(18)10-12/h5-6,10,13,19H,3-4,7-9,11H2,1-2H3. The Kier molecular flexibility index (Phi) is 5.42. The van der Waals surface area contributed by atoms with Crippen molar-refractivity contribution >= 4 is 11.6 Å². The van der Waals surface area contributed by atoms with Crippen molar-refractivity contribution in [3.05, 3.63) is 34.6 Å². The second-order valence-corrected chi connectivity index (χ2v) is 6.06. The molecule has 1 unspecified atom stereocenters. The number of rotatable bonds is 7. The van der Waals surface area contributed by atoms with Crippen molar-refractivity contribution in [2.24, 2.45) is 0 Å². The van der Waals surface area contributed by atoms with Gasteiger partial charge in [-0.3, -0.25) is 0 Å². The van der Waals surface area contributed by atoms with Crippen molar-refractivity contribution in [1.82, 2.24) is 5.32 Å². The summed E-state index contributed by atoms with van der Waals surface area (Å²) in [6.45, 7) is 3.00. The van der Waals surface area contributed by atoms with Crippen LogP contribution in [0.4, 0.5) is 4.39 Å². The first kappa shape index (κ1) is 15.7. The van der Waals surface area contributed by atoms with Crippen LogP contribution in [0.2, 0.25) is 5.02 Å². The summed E-state index contributed by atoms with van der Waals surface area (Å²) >= 11 is 5.73. The molecule has 112 valence electrons. The highest BCUT2D eigenvalue weighted by Gasteiger charge is 2.38. The van der Waals surface area contributed by atoms with Crippen LogP contribution in [0.25, 0.3) is 0 Å². The Bertz CT molecular complexity index is 443. The zero-order valence-electron chi connectivity index (χ0n) is 12.2. The molecule has 2 nitrogen and oxygen atoms in total. The first-order valence-corrected chi connectivity index (χ1v) is 7.69. The van der Waals surface area contributed by atoms with Gasteiger partial charge in [-0.05, 0) is 56.3 Å². The lowest BCUT2D eigenvalue weighted by Gasteiger charge is -2.43. The minimum absolute atomic E-state index is 0.0256. The highest BCUT2D eigenvalue weighted by Crippen LogP contribution is 2.39.